The fourth-order valence-electron chi connectivity index (χ4n) is 1.52. The van der Waals surface area contributed by atoms with E-state index in [2.05, 4.69) is 9.46 Å². The van der Waals surface area contributed by atoms with Crippen molar-refractivity contribution in [2.75, 3.05) is 13.7 Å². The Morgan fingerprint density at radius 1 is 1.24 bits per heavy atom. The summed E-state index contributed by atoms with van der Waals surface area (Å²) in [7, 11) is -2.88. The fraction of sp³-hybridized carbons (Fsp3) is 0.385. The Morgan fingerprint density at radius 3 is 2.43 bits per heavy atom. The van der Waals surface area contributed by atoms with Crippen molar-refractivity contribution in [2.24, 2.45) is 0 Å². The molecule has 0 heterocycles. The number of sulfonamides is 1. The lowest BCUT2D eigenvalue weighted by Crippen LogP contribution is -2.32. The van der Waals surface area contributed by atoms with Crippen molar-refractivity contribution in [1.29, 1.82) is 0 Å². The first-order valence-corrected chi connectivity index (χ1v) is 7.62. The average molecular weight is 315 g/mol. The largest absolute Gasteiger partial charge is 0.465 e. The third kappa shape index (κ3) is 4.83. The summed E-state index contributed by atoms with van der Waals surface area (Å²) in [6.45, 7) is 2.79. The van der Waals surface area contributed by atoms with Gasteiger partial charge in [-0.15, -0.1) is 0 Å². The van der Waals surface area contributed by atoms with Crippen LogP contribution < -0.4 is 4.72 Å². The normalized spacial score (nSPS) is 11.2. The highest BCUT2D eigenvalue weighted by Gasteiger charge is 2.23. The predicted octanol–water partition coefficient (Wildman–Crippen LogP) is 0.703. The molecule has 0 aromatic heterocycles. The first-order valence-electron chi connectivity index (χ1n) is 6.14. The van der Waals surface area contributed by atoms with Gasteiger partial charge in [0.15, 0.2) is 0 Å². The minimum atomic E-state index is -4.03. The number of carbonyl (C=O) groups excluding carboxylic acids is 2. The highest BCUT2D eigenvalue weighted by Crippen LogP contribution is 2.16. The zero-order valence-corrected chi connectivity index (χ0v) is 12.8. The Morgan fingerprint density at radius 2 is 1.86 bits per heavy atom. The second-order valence-corrected chi connectivity index (χ2v) is 6.09. The number of carbonyl (C=O) groups is 2. The van der Waals surface area contributed by atoms with Crippen molar-refractivity contribution >= 4 is 22.0 Å². The van der Waals surface area contributed by atoms with Gasteiger partial charge in [0.2, 0.25) is 10.0 Å². The molecule has 0 aliphatic carbocycles. The molecular formula is C13H17NO6S. The predicted molar refractivity (Wildman–Crippen MR) is 74.2 cm³/mol. The second-order valence-electron chi connectivity index (χ2n) is 4.35. The van der Waals surface area contributed by atoms with Gasteiger partial charge in [0.25, 0.3) is 0 Å². The topological polar surface area (TPSA) is 98.8 Å². The maximum atomic E-state index is 12.1. The molecule has 116 valence electrons. The molecule has 1 rings (SSSR count). The average Bonchev–Trinajstić information content (AvgIpc) is 2.44. The number of esters is 2. The van der Waals surface area contributed by atoms with Crippen LogP contribution >= 0.6 is 0 Å². The van der Waals surface area contributed by atoms with Crippen molar-refractivity contribution in [3.05, 3.63) is 29.8 Å². The number of rotatable bonds is 6. The zero-order valence-electron chi connectivity index (χ0n) is 12.0. The molecule has 21 heavy (non-hydrogen) atoms. The monoisotopic (exact) mass is 315 g/mol. The number of nitrogens with one attached hydrogen (secondary N) is 1. The van der Waals surface area contributed by atoms with Crippen LogP contribution in [0.2, 0.25) is 0 Å². The van der Waals surface area contributed by atoms with Crippen molar-refractivity contribution in [2.45, 2.75) is 24.8 Å². The molecule has 8 heteroatoms. The molecule has 1 aromatic rings. The molecule has 0 spiro atoms. The van der Waals surface area contributed by atoms with Crippen LogP contribution in [0, 0.1) is 0 Å². The Kier molecular flexibility index (Phi) is 5.86. The van der Waals surface area contributed by atoms with E-state index in [1.54, 1.807) is 13.8 Å². The van der Waals surface area contributed by atoms with Crippen LogP contribution in [0.3, 0.4) is 0 Å². The van der Waals surface area contributed by atoms with Crippen LogP contribution in [-0.4, -0.2) is 40.1 Å². The van der Waals surface area contributed by atoms with Crippen LogP contribution in [0.4, 0.5) is 0 Å². The third-order valence-electron chi connectivity index (χ3n) is 2.36. The third-order valence-corrected chi connectivity index (χ3v) is 3.81. The van der Waals surface area contributed by atoms with Crippen LogP contribution in [0.25, 0.3) is 0 Å². The van der Waals surface area contributed by atoms with E-state index in [1.165, 1.54) is 24.3 Å². The zero-order chi connectivity index (χ0) is 16.0. The maximum Gasteiger partial charge on any atom is 0.339 e. The molecule has 0 unspecified atom stereocenters. The summed E-state index contributed by atoms with van der Waals surface area (Å²) in [5.41, 5.74) is -0.107. The van der Waals surface area contributed by atoms with Crippen molar-refractivity contribution in [3.8, 4) is 0 Å². The van der Waals surface area contributed by atoms with E-state index in [1.807, 2.05) is 0 Å². The minimum Gasteiger partial charge on any atom is -0.465 e. The number of hydrogen-bond acceptors (Lipinski definition) is 6. The van der Waals surface area contributed by atoms with Gasteiger partial charge in [-0.3, -0.25) is 4.79 Å². The summed E-state index contributed by atoms with van der Waals surface area (Å²) >= 11 is 0. The van der Waals surface area contributed by atoms with E-state index >= 15 is 0 Å². The molecule has 0 aliphatic rings. The highest BCUT2D eigenvalue weighted by molar-refractivity contribution is 7.89. The molecule has 0 saturated carbocycles. The van der Waals surface area contributed by atoms with Crippen LogP contribution in [0.15, 0.2) is 29.2 Å². The lowest BCUT2D eigenvalue weighted by atomic mass is 10.2. The number of methoxy groups -OCH3 is 1. The van der Waals surface area contributed by atoms with E-state index in [0.717, 1.165) is 7.11 Å². The number of benzene rings is 1. The quantitative estimate of drug-likeness (QED) is 0.776. The van der Waals surface area contributed by atoms with Crippen LogP contribution in [0.1, 0.15) is 24.2 Å². The molecule has 7 nitrogen and oxygen atoms in total. The van der Waals surface area contributed by atoms with Crippen molar-refractivity contribution < 1.29 is 27.5 Å². The van der Waals surface area contributed by atoms with Gasteiger partial charge in [0.05, 0.1) is 23.7 Å². The second kappa shape index (κ2) is 7.19. The van der Waals surface area contributed by atoms with E-state index in [9.17, 15) is 18.0 Å². The Hall–Kier alpha value is -1.93. The summed E-state index contributed by atoms with van der Waals surface area (Å²) in [5.74, 6) is -1.48. The molecular weight excluding hydrogens is 298 g/mol. The Balaban J connectivity index is 2.94. The Bertz CT molecular complexity index is 623. The van der Waals surface area contributed by atoms with Gasteiger partial charge in [0.1, 0.15) is 6.54 Å². The smallest absolute Gasteiger partial charge is 0.339 e. The number of ether oxygens (including phenoxy) is 2. The van der Waals surface area contributed by atoms with E-state index in [0.29, 0.717) is 0 Å². The van der Waals surface area contributed by atoms with Crippen molar-refractivity contribution in [3.63, 3.8) is 0 Å². The summed E-state index contributed by atoms with van der Waals surface area (Å²) in [6.07, 6.45) is -0.343. The maximum absolute atomic E-state index is 12.1. The van der Waals surface area contributed by atoms with Gasteiger partial charge in [-0.1, -0.05) is 12.1 Å². The van der Waals surface area contributed by atoms with Gasteiger partial charge in [-0.05, 0) is 26.0 Å². The van der Waals surface area contributed by atoms with E-state index in [4.69, 9.17) is 4.74 Å². The summed E-state index contributed by atoms with van der Waals surface area (Å²) in [6, 6.07) is 5.56. The summed E-state index contributed by atoms with van der Waals surface area (Å²) in [5, 5.41) is 0. The Labute approximate surface area is 123 Å². The molecule has 0 saturated heterocycles. The van der Waals surface area contributed by atoms with Gasteiger partial charge in [0, 0.05) is 0 Å². The van der Waals surface area contributed by atoms with Crippen LogP contribution in [0.5, 0.6) is 0 Å². The fourth-order valence-corrected chi connectivity index (χ4v) is 2.68. The standard InChI is InChI=1S/C13H17NO6S/c1-9(2)20-12(15)8-14-21(17,18)11-7-5-4-6-10(11)13(16)19-3/h4-7,9,14H,8H2,1-3H3. The summed E-state index contributed by atoms with van der Waals surface area (Å²) in [4.78, 5) is 22.7. The first kappa shape index (κ1) is 17.1. The molecule has 0 amide bonds. The molecule has 0 aliphatic heterocycles. The van der Waals surface area contributed by atoms with E-state index in [-0.39, 0.29) is 16.6 Å². The molecule has 0 radical (unpaired) electrons. The SMILES string of the molecule is COC(=O)c1ccccc1S(=O)(=O)NCC(=O)OC(C)C. The summed E-state index contributed by atoms with van der Waals surface area (Å²) < 4.78 is 35.7. The van der Waals surface area contributed by atoms with E-state index < -0.39 is 28.5 Å². The number of hydrogen-bond donors (Lipinski definition) is 1. The first-order chi connectivity index (χ1) is 9.77. The lowest BCUT2D eigenvalue weighted by molar-refractivity contribution is -0.145. The molecule has 0 fully saturated rings. The van der Waals surface area contributed by atoms with Crippen LogP contribution in [-0.2, 0) is 24.3 Å². The highest BCUT2D eigenvalue weighted by atomic mass is 32.2. The lowest BCUT2D eigenvalue weighted by Gasteiger charge is -2.11. The molecule has 1 N–H and O–H groups in total. The van der Waals surface area contributed by atoms with Crippen molar-refractivity contribution in [1.82, 2.24) is 4.72 Å². The molecule has 1 aromatic carbocycles. The molecule has 0 atom stereocenters. The van der Waals surface area contributed by atoms with Gasteiger partial charge in [-0.25, -0.2) is 13.2 Å². The van der Waals surface area contributed by atoms with Gasteiger partial charge < -0.3 is 9.47 Å². The molecule has 0 bridgehead atoms. The minimum absolute atomic E-state index is 0.107. The van der Waals surface area contributed by atoms with Gasteiger partial charge in [-0.2, -0.15) is 4.72 Å². The van der Waals surface area contributed by atoms with Gasteiger partial charge >= 0.3 is 11.9 Å².